The molecule has 0 bridgehead atoms. The molecule has 0 aliphatic carbocycles. The van der Waals surface area contributed by atoms with E-state index in [1.165, 1.54) is 270 Å². The van der Waals surface area contributed by atoms with Gasteiger partial charge in [-0.15, -0.1) is 0 Å². The molecule has 6 heteroatoms. The van der Waals surface area contributed by atoms with Crippen LogP contribution in [0.25, 0.3) is 0 Å². The fourth-order valence-corrected chi connectivity index (χ4v) is 10.9. The van der Waals surface area contributed by atoms with Gasteiger partial charge >= 0.3 is 17.9 Å². The first-order chi connectivity index (χ1) is 40.0. The molecule has 0 aliphatic heterocycles. The van der Waals surface area contributed by atoms with Crippen LogP contribution < -0.4 is 0 Å². The molecule has 0 aromatic rings. The van der Waals surface area contributed by atoms with Crippen molar-refractivity contribution < 1.29 is 28.6 Å². The highest BCUT2D eigenvalue weighted by atomic mass is 16.6. The summed E-state index contributed by atoms with van der Waals surface area (Å²) in [5.41, 5.74) is 0. The molecule has 81 heavy (non-hydrogen) atoms. The third-order valence-corrected chi connectivity index (χ3v) is 16.3. The summed E-state index contributed by atoms with van der Waals surface area (Å²) in [6.07, 6.45) is 88.7. The second-order valence-corrected chi connectivity index (χ2v) is 24.5. The molecule has 474 valence electrons. The Kier molecular flexibility index (Phi) is 67.6. The molecule has 0 fully saturated rings. The number of esters is 3. The van der Waals surface area contributed by atoms with Crippen LogP contribution in [0.1, 0.15) is 393 Å². The van der Waals surface area contributed by atoms with Crippen LogP contribution >= 0.6 is 0 Å². The fourth-order valence-electron chi connectivity index (χ4n) is 10.9. The van der Waals surface area contributed by atoms with Crippen molar-refractivity contribution in [2.75, 3.05) is 13.2 Å². The van der Waals surface area contributed by atoms with Crippen LogP contribution in [0.5, 0.6) is 0 Å². The summed E-state index contributed by atoms with van der Waals surface area (Å²) in [6, 6.07) is 0. The highest BCUT2D eigenvalue weighted by Crippen LogP contribution is 2.19. The number of allylic oxidation sites excluding steroid dienone is 8. The standard InChI is InChI=1S/C75H138O6/c1-4-7-10-13-16-19-22-25-28-30-31-32-33-34-35-36-37-38-39-40-41-42-43-45-47-50-53-56-59-62-65-68-74(77)80-71-72(70-79-73(76)67-64-61-58-55-52-49-46-27-24-21-18-15-12-9-6-3)81-75(78)69-66-63-60-57-54-51-48-44-29-26-23-20-17-14-11-8-5-2/h8,11,17,20,26,29-31,72H,4-7,9-10,12-16,18-19,21-25,27-28,32-71H2,1-3H3/b11-8-,20-17-,29-26-,31-30-. The maximum absolute atomic E-state index is 12.9. The first kappa shape index (κ1) is 78.4. The first-order valence-electron chi connectivity index (χ1n) is 36.1. The van der Waals surface area contributed by atoms with Crippen LogP contribution in [-0.2, 0) is 28.6 Å². The zero-order valence-electron chi connectivity index (χ0n) is 54.6. The minimum atomic E-state index is -0.777. The largest absolute Gasteiger partial charge is 0.462 e. The molecule has 0 saturated heterocycles. The van der Waals surface area contributed by atoms with Crippen molar-refractivity contribution in [3.05, 3.63) is 48.6 Å². The molecule has 0 N–H and O–H groups in total. The van der Waals surface area contributed by atoms with Crippen molar-refractivity contribution >= 4 is 17.9 Å². The van der Waals surface area contributed by atoms with Gasteiger partial charge in [-0.3, -0.25) is 14.4 Å². The molecular formula is C75H138O6. The summed E-state index contributed by atoms with van der Waals surface area (Å²) in [5.74, 6) is -0.854. The van der Waals surface area contributed by atoms with Gasteiger partial charge in [-0.1, -0.05) is 345 Å². The summed E-state index contributed by atoms with van der Waals surface area (Å²) in [6.45, 7) is 6.59. The van der Waals surface area contributed by atoms with E-state index >= 15 is 0 Å². The Balaban J connectivity index is 4.17. The highest BCUT2D eigenvalue weighted by Gasteiger charge is 2.19. The topological polar surface area (TPSA) is 78.9 Å². The smallest absolute Gasteiger partial charge is 0.306 e. The van der Waals surface area contributed by atoms with Gasteiger partial charge in [0.15, 0.2) is 6.10 Å². The first-order valence-corrected chi connectivity index (χ1v) is 36.1. The zero-order chi connectivity index (χ0) is 58.5. The van der Waals surface area contributed by atoms with Crippen LogP contribution in [0.3, 0.4) is 0 Å². The predicted molar refractivity (Wildman–Crippen MR) is 353 cm³/mol. The zero-order valence-corrected chi connectivity index (χ0v) is 54.6. The van der Waals surface area contributed by atoms with Crippen molar-refractivity contribution in [3.63, 3.8) is 0 Å². The molecule has 0 aliphatic rings. The van der Waals surface area contributed by atoms with Crippen LogP contribution in [0.2, 0.25) is 0 Å². The number of rotatable bonds is 67. The van der Waals surface area contributed by atoms with E-state index in [1.54, 1.807) is 0 Å². The third-order valence-electron chi connectivity index (χ3n) is 16.3. The van der Waals surface area contributed by atoms with Gasteiger partial charge < -0.3 is 14.2 Å². The lowest BCUT2D eigenvalue weighted by molar-refractivity contribution is -0.167. The van der Waals surface area contributed by atoms with Gasteiger partial charge in [0.05, 0.1) is 0 Å². The Hall–Kier alpha value is -2.63. The Labute approximate surface area is 505 Å². The maximum atomic E-state index is 12.9. The van der Waals surface area contributed by atoms with E-state index in [-0.39, 0.29) is 31.1 Å². The van der Waals surface area contributed by atoms with Crippen LogP contribution in [0.15, 0.2) is 48.6 Å². The Morgan fingerprint density at radius 2 is 0.481 bits per heavy atom. The monoisotopic (exact) mass is 1140 g/mol. The van der Waals surface area contributed by atoms with E-state index in [1.807, 2.05) is 0 Å². The Bertz CT molecular complexity index is 1400. The highest BCUT2D eigenvalue weighted by molar-refractivity contribution is 5.71. The summed E-state index contributed by atoms with van der Waals surface area (Å²) in [4.78, 5) is 38.4. The van der Waals surface area contributed by atoms with Gasteiger partial charge in [-0.25, -0.2) is 0 Å². The van der Waals surface area contributed by atoms with Gasteiger partial charge in [-0.05, 0) is 77.0 Å². The summed E-state index contributed by atoms with van der Waals surface area (Å²) in [7, 11) is 0. The predicted octanol–water partition coefficient (Wildman–Crippen LogP) is 24.9. The average molecular weight is 1140 g/mol. The van der Waals surface area contributed by atoms with E-state index < -0.39 is 6.10 Å². The van der Waals surface area contributed by atoms with Gasteiger partial charge in [0.2, 0.25) is 0 Å². The lowest BCUT2D eigenvalue weighted by atomic mass is 10.0. The minimum Gasteiger partial charge on any atom is -0.462 e. The van der Waals surface area contributed by atoms with E-state index in [2.05, 4.69) is 69.4 Å². The van der Waals surface area contributed by atoms with Gasteiger partial charge in [0.25, 0.3) is 0 Å². The quantitative estimate of drug-likeness (QED) is 0.0261. The number of hydrogen-bond donors (Lipinski definition) is 0. The lowest BCUT2D eigenvalue weighted by Gasteiger charge is -2.18. The van der Waals surface area contributed by atoms with Crippen LogP contribution in [0, 0.1) is 0 Å². The second-order valence-electron chi connectivity index (χ2n) is 24.5. The number of carbonyl (C=O) groups excluding carboxylic acids is 3. The molecule has 0 aromatic carbocycles. The number of carbonyl (C=O) groups is 3. The van der Waals surface area contributed by atoms with Crippen molar-refractivity contribution in [1.29, 1.82) is 0 Å². The van der Waals surface area contributed by atoms with Crippen molar-refractivity contribution in [1.82, 2.24) is 0 Å². The third kappa shape index (κ3) is 68.0. The van der Waals surface area contributed by atoms with E-state index in [0.717, 1.165) is 83.5 Å². The molecule has 0 amide bonds. The molecule has 0 aromatic heterocycles. The molecule has 6 nitrogen and oxygen atoms in total. The van der Waals surface area contributed by atoms with Crippen molar-refractivity contribution in [2.24, 2.45) is 0 Å². The van der Waals surface area contributed by atoms with Crippen LogP contribution in [0.4, 0.5) is 0 Å². The molecule has 0 radical (unpaired) electrons. The summed E-state index contributed by atoms with van der Waals surface area (Å²) in [5, 5.41) is 0. The fraction of sp³-hybridized carbons (Fsp3) is 0.853. The summed E-state index contributed by atoms with van der Waals surface area (Å²) < 4.78 is 17.0. The average Bonchev–Trinajstić information content (AvgIpc) is 3.47. The van der Waals surface area contributed by atoms with E-state index in [0.29, 0.717) is 19.3 Å². The minimum absolute atomic E-state index is 0.0720. The van der Waals surface area contributed by atoms with Gasteiger partial charge in [0.1, 0.15) is 13.2 Å². The molecule has 0 heterocycles. The van der Waals surface area contributed by atoms with Crippen molar-refractivity contribution in [3.8, 4) is 0 Å². The summed E-state index contributed by atoms with van der Waals surface area (Å²) >= 11 is 0. The second kappa shape index (κ2) is 69.9. The molecule has 0 spiro atoms. The SMILES string of the molecule is CC/C=C\C/C=C\C/C=C\CCCCCCCCCC(=O)OC(COC(=O)CCCCCCCCCCCCCCCCC)COC(=O)CCCCCCCCCCCCCCCCCCCCC/C=C\CCCCCCCCCC. The van der Waals surface area contributed by atoms with E-state index in [9.17, 15) is 14.4 Å². The number of hydrogen-bond acceptors (Lipinski definition) is 6. The Morgan fingerprint density at radius 3 is 0.765 bits per heavy atom. The number of unbranched alkanes of at least 4 members (excludes halogenated alkanes) is 48. The van der Waals surface area contributed by atoms with Crippen LogP contribution in [-0.4, -0.2) is 37.2 Å². The molecule has 1 atom stereocenters. The van der Waals surface area contributed by atoms with Gasteiger partial charge in [-0.2, -0.15) is 0 Å². The maximum Gasteiger partial charge on any atom is 0.306 e. The lowest BCUT2D eigenvalue weighted by Crippen LogP contribution is -2.30. The normalized spacial score (nSPS) is 12.3. The molecule has 0 rings (SSSR count). The van der Waals surface area contributed by atoms with Gasteiger partial charge in [0, 0.05) is 19.3 Å². The number of ether oxygens (including phenoxy) is 3. The molecule has 1 unspecified atom stereocenters. The molecule has 0 saturated carbocycles. The Morgan fingerprint density at radius 1 is 0.259 bits per heavy atom. The van der Waals surface area contributed by atoms with E-state index in [4.69, 9.17) is 14.2 Å². The molecular weight excluding hydrogens is 997 g/mol. The van der Waals surface area contributed by atoms with Crippen molar-refractivity contribution in [2.45, 2.75) is 399 Å².